The van der Waals surface area contributed by atoms with E-state index in [9.17, 15) is 22.4 Å². The summed E-state index contributed by atoms with van der Waals surface area (Å²) >= 11 is 0. The fourth-order valence-corrected chi connectivity index (χ4v) is 3.72. The number of hydrogen-bond acceptors (Lipinski definition) is 4. The van der Waals surface area contributed by atoms with Crippen LogP contribution < -0.4 is 14.9 Å². The normalized spacial score (nSPS) is 11.5. The van der Waals surface area contributed by atoms with Gasteiger partial charge in [-0.1, -0.05) is 38.1 Å². The van der Waals surface area contributed by atoms with Crippen molar-refractivity contribution in [3.63, 3.8) is 0 Å². The van der Waals surface area contributed by atoms with E-state index in [1.165, 1.54) is 38.4 Å². The minimum atomic E-state index is -4.16. The molecule has 10 heteroatoms. The van der Waals surface area contributed by atoms with Crippen molar-refractivity contribution >= 4 is 33.4 Å². The van der Waals surface area contributed by atoms with Gasteiger partial charge in [-0.05, 0) is 30.2 Å². The second-order valence-electron chi connectivity index (χ2n) is 7.45. The first-order valence-electron chi connectivity index (χ1n) is 9.65. The Labute approximate surface area is 182 Å². The van der Waals surface area contributed by atoms with Crippen molar-refractivity contribution in [1.29, 1.82) is 0 Å². The second-order valence-corrected chi connectivity index (χ2v) is 9.51. The number of benzene rings is 2. The van der Waals surface area contributed by atoms with Gasteiger partial charge in [0, 0.05) is 20.6 Å². The molecule has 2 N–H and O–H groups in total. The van der Waals surface area contributed by atoms with Crippen LogP contribution in [0.5, 0.6) is 0 Å². The Morgan fingerprint density at radius 2 is 1.65 bits per heavy atom. The van der Waals surface area contributed by atoms with Crippen LogP contribution in [0.4, 0.5) is 15.8 Å². The van der Waals surface area contributed by atoms with Crippen molar-refractivity contribution in [3.05, 3.63) is 59.9 Å². The van der Waals surface area contributed by atoms with Crippen LogP contribution in [0.15, 0.2) is 48.5 Å². The molecule has 0 saturated heterocycles. The third-order valence-electron chi connectivity index (χ3n) is 4.26. The van der Waals surface area contributed by atoms with Gasteiger partial charge in [0.05, 0.1) is 16.9 Å². The molecule has 0 fully saturated rings. The number of hydrogen-bond donors (Lipinski definition) is 2. The SMILES string of the molecule is CC(C)CNC(=O)c1ccccc1NC(=O)CN(c1ccccc1F)S(=O)(=O)N(C)C. The van der Waals surface area contributed by atoms with Gasteiger partial charge in [0.2, 0.25) is 5.91 Å². The molecule has 0 saturated carbocycles. The molecule has 0 atom stereocenters. The molecule has 31 heavy (non-hydrogen) atoms. The molecule has 0 radical (unpaired) electrons. The van der Waals surface area contributed by atoms with Crippen molar-refractivity contribution in [2.45, 2.75) is 13.8 Å². The van der Waals surface area contributed by atoms with E-state index in [1.54, 1.807) is 18.2 Å². The summed E-state index contributed by atoms with van der Waals surface area (Å²) in [6.07, 6.45) is 0. The van der Waals surface area contributed by atoms with Gasteiger partial charge in [-0.3, -0.25) is 9.59 Å². The van der Waals surface area contributed by atoms with Crippen LogP contribution >= 0.6 is 0 Å². The molecule has 0 aromatic heterocycles. The lowest BCUT2D eigenvalue weighted by atomic mass is 10.1. The van der Waals surface area contributed by atoms with Gasteiger partial charge in [-0.15, -0.1) is 0 Å². The fraction of sp³-hybridized carbons (Fsp3) is 0.333. The summed E-state index contributed by atoms with van der Waals surface area (Å²) in [6.45, 7) is 3.69. The highest BCUT2D eigenvalue weighted by molar-refractivity contribution is 7.90. The Morgan fingerprint density at radius 3 is 2.26 bits per heavy atom. The highest BCUT2D eigenvalue weighted by Crippen LogP contribution is 2.23. The minimum Gasteiger partial charge on any atom is -0.352 e. The number of para-hydroxylation sites is 2. The first kappa shape index (κ1) is 24.3. The zero-order valence-corrected chi connectivity index (χ0v) is 18.7. The third-order valence-corrected chi connectivity index (χ3v) is 6.07. The van der Waals surface area contributed by atoms with Crippen LogP contribution in [0.2, 0.25) is 0 Å². The molecule has 0 aliphatic heterocycles. The Balaban J connectivity index is 2.29. The average molecular weight is 451 g/mol. The number of amides is 2. The van der Waals surface area contributed by atoms with E-state index in [0.29, 0.717) is 10.8 Å². The molecule has 2 aromatic rings. The quantitative estimate of drug-likeness (QED) is 0.613. The second kappa shape index (κ2) is 10.4. The molecule has 0 heterocycles. The Hall–Kier alpha value is -2.98. The summed E-state index contributed by atoms with van der Waals surface area (Å²) in [6, 6.07) is 11.7. The molecule has 168 valence electrons. The molecular weight excluding hydrogens is 423 g/mol. The lowest BCUT2D eigenvalue weighted by Gasteiger charge is -2.27. The van der Waals surface area contributed by atoms with E-state index < -0.39 is 28.5 Å². The largest absolute Gasteiger partial charge is 0.352 e. The van der Waals surface area contributed by atoms with Gasteiger partial charge < -0.3 is 10.6 Å². The van der Waals surface area contributed by atoms with E-state index in [4.69, 9.17) is 0 Å². The number of carbonyl (C=O) groups excluding carboxylic acids is 2. The molecule has 0 unspecified atom stereocenters. The number of halogens is 1. The molecule has 8 nitrogen and oxygen atoms in total. The van der Waals surface area contributed by atoms with Crippen LogP contribution in [0.1, 0.15) is 24.2 Å². The van der Waals surface area contributed by atoms with Gasteiger partial charge >= 0.3 is 10.2 Å². The lowest BCUT2D eigenvalue weighted by molar-refractivity contribution is -0.114. The zero-order chi connectivity index (χ0) is 23.2. The van der Waals surface area contributed by atoms with Crippen LogP contribution in [0, 0.1) is 11.7 Å². The third kappa shape index (κ3) is 6.25. The van der Waals surface area contributed by atoms with E-state index in [0.717, 1.165) is 10.4 Å². The lowest BCUT2D eigenvalue weighted by Crippen LogP contribution is -2.44. The Kier molecular flexibility index (Phi) is 8.12. The van der Waals surface area contributed by atoms with Crippen LogP contribution in [-0.4, -0.2) is 51.7 Å². The van der Waals surface area contributed by atoms with Crippen LogP contribution in [0.3, 0.4) is 0 Å². The van der Waals surface area contributed by atoms with Gasteiger partial charge in [0.25, 0.3) is 5.91 Å². The highest BCUT2D eigenvalue weighted by Gasteiger charge is 2.29. The molecular formula is C21H27FN4O4S. The average Bonchev–Trinajstić information content (AvgIpc) is 2.71. The smallest absolute Gasteiger partial charge is 0.304 e. The van der Waals surface area contributed by atoms with Gasteiger partial charge in [-0.25, -0.2) is 8.70 Å². The number of anilines is 2. The zero-order valence-electron chi connectivity index (χ0n) is 17.9. The minimum absolute atomic E-state index is 0.226. The van der Waals surface area contributed by atoms with E-state index >= 15 is 0 Å². The maximum atomic E-state index is 14.3. The fourth-order valence-electron chi connectivity index (χ4n) is 2.64. The number of nitrogens with zero attached hydrogens (tertiary/aromatic N) is 2. The van der Waals surface area contributed by atoms with Crippen molar-refractivity contribution in [2.75, 3.05) is 36.8 Å². The van der Waals surface area contributed by atoms with Crippen LogP contribution in [-0.2, 0) is 15.0 Å². The van der Waals surface area contributed by atoms with Crippen molar-refractivity contribution < 1.29 is 22.4 Å². The number of rotatable bonds is 9. The van der Waals surface area contributed by atoms with E-state index in [-0.39, 0.29) is 28.8 Å². The standard InChI is InChI=1S/C21H27FN4O4S/c1-15(2)13-23-21(28)16-9-5-7-11-18(16)24-20(27)14-26(31(29,30)25(3)4)19-12-8-6-10-17(19)22/h5-12,15H,13-14H2,1-4H3,(H,23,28)(H,24,27). The van der Waals surface area contributed by atoms with Crippen molar-refractivity contribution in [3.8, 4) is 0 Å². The van der Waals surface area contributed by atoms with Gasteiger partial charge in [0.1, 0.15) is 12.4 Å². The van der Waals surface area contributed by atoms with Gasteiger partial charge in [-0.2, -0.15) is 12.7 Å². The summed E-state index contributed by atoms with van der Waals surface area (Å²) in [5.41, 5.74) is 0.211. The number of carbonyl (C=O) groups is 2. The topological polar surface area (TPSA) is 98.8 Å². The Bertz CT molecular complexity index is 1040. The Morgan fingerprint density at radius 1 is 1.03 bits per heavy atom. The monoisotopic (exact) mass is 450 g/mol. The molecule has 0 spiro atoms. The number of nitrogens with one attached hydrogen (secondary N) is 2. The highest BCUT2D eigenvalue weighted by atomic mass is 32.2. The van der Waals surface area contributed by atoms with Crippen molar-refractivity contribution in [1.82, 2.24) is 9.62 Å². The van der Waals surface area contributed by atoms with Gasteiger partial charge in [0.15, 0.2) is 0 Å². The maximum absolute atomic E-state index is 14.3. The first-order chi connectivity index (χ1) is 14.5. The summed E-state index contributed by atoms with van der Waals surface area (Å²) < 4.78 is 41.4. The summed E-state index contributed by atoms with van der Waals surface area (Å²) in [7, 11) is -1.59. The predicted octanol–water partition coefficient (Wildman–Crippen LogP) is 2.46. The summed E-state index contributed by atoms with van der Waals surface area (Å²) in [5, 5.41) is 5.34. The molecule has 0 bridgehead atoms. The molecule has 0 aliphatic rings. The predicted molar refractivity (Wildman–Crippen MR) is 119 cm³/mol. The van der Waals surface area contributed by atoms with Crippen molar-refractivity contribution in [2.24, 2.45) is 5.92 Å². The van der Waals surface area contributed by atoms with Crippen LogP contribution in [0.25, 0.3) is 0 Å². The first-order valence-corrected chi connectivity index (χ1v) is 11.1. The molecule has 2 aromatic carbocycles. The summed E-state index contributed by atoms with van der Waals surface area (Å²) in [5.74, 6) is -1.63. The molecule has 2 amide bonds. The van der Waals surface area contributed by atoms with E-state index in [1.807, 2.05) is 13.8 Å². The maximum Gasteiger partial charge on any atom is 0.304 e. The molecule has 2 rings (SSSR count). The molecule has 0 aliphatic carbocycles. The van der Waals surface area contributed by atoms with E-state index in [2.05, 4.69) is 10.6 Å². The summed E-state index contributed by atoms with van der Waals surface area (Å²) in [4.78, 5) is 25.2.